The van der Waals surface area contributed by atoms with E-state index in [-0.39, 0.29) is 11.7 Å². The van der Waals surface area contributed by atoms with Crippen LogP contribution in [0, 0.1) is 17.8 Å². The lowest BCUT2D eigenvalue weighted by atomic mass is 9.76. The van der Waals surface area contributed by atoms with Crippen molar-refractivity contribution in [1.82, 2.24) is 10.2 Å². The normalized spacial score (nSPS) is 22.1. The van der Waals surface area contributed by atoms with Gasteiger partial charge in [-0.05, 0) is 67.4 Å². The fourth-order valence-electron chi connectivity index (χ4n) is 5.31. The summed E-state index contributed by atoms with van der Waals surface area (Å²) in [6.45, 7) is 8.18. The van der Waals surface area contributed by atoms with Gasteiger partial charge in [0.2, 0.25) is 0 Å². The maximum Gasteiger partial charge on any atom is 0.251 e. The minimum Gasteiger partial charge on any atom is -0.452 e. The number of fused-ring (bicyclic) bond motifs is 4. The van der Waals surface area contributed by atoms with Crippen LogP contribution < -0.4 is 5.32 Å². The zero-order chi connectivity index (χ0) is 22.9. The zero-order valence-electron chi connectivity index (χ0n) is 19.5. The number of ketones is 1. The minimum absolute atomic E-state index is 0.0782. The number of nitrogens with zero attached hydrogens (tertiary/aromatic N) is 1. The highest BCUT2D eigenvalue weighted by Gasteiger charge is 2.35. The molecule has 5 heteroatoms. The number of hydrogen-bond acceptors (Lipinski definition) is 4. The molecule has 2 bridgehead atoms. The molecule has 1 aromatic heterocycles. The third kappa shape index (κ3) is 4.60. The number of benzene rings is 2. The molecule has 0 spiro atoms. The van der Waals surface area contributed by atoms with Crippen molar-refractivity contribution in [3.8, 4) is 11.1 Å². The molecular formula is C28H32N2O3. The Labute approximate surface area is 195 Å². The van der Waals surface area contributed by atoms with Crippen molar-refractivity contribution in [3.05, 3.63) is 59.9 Å². The van der Waals surface area contributed by atoms with Crippen LogP contribution in [-0.4, -0.2) is 42.8 Å². The maximum absolute atomic E-state index is 13.1. The number of nitrogens with one attached hydrogen (secondary N) is 1. The number of carbonyl (C=O) groups is 2. The van der Waals surface area contributed by atoms with Crippen molar-refractivity contribution in [2.24, 2.45) is 17.8 Å². The average molecular weight is 445 g/mol. The quantitative estimate of drug-likeness (QED) is 0.496. The van der Waals surface area contributed by atoms with E-state index in [1.807, 2.05) is 48.5 Å². The van der Waals surface area contributed by atoms with Gasteiger partial charge in [-0.15, -0.1) is 0 Å². The third-order valence-corrected chi connectivity index (χ3v) is 7.16. The van der Waals surface area contributed by atoms with E-state index in [2.05, 4.69) is 24.1 Å². The fourth-order valence-corrected chi connectivity index (χ4v) is 5.31. The molecule has 0 unspecified atom stereocenters. The molecule has 6 rings (SSSR count). The molecule has 0 saturated carbocycles. The summed E-state index contributed by atoms with van der Waals surface area (Å²) in [7, 11) is 0. The van der Waals surface area contributed by atoms with Gasteiger partial charge in [0.05, 0.1) is 0 Å². The van der Waals surface area contributed by atoms with E-state index in [9.17, 15) is 9.59 Å². The lowest BCUT2D eigenvalue weighted by Crippen LogP contribution is -2.47. The second-order valence-corrected chi connectivity index (χ2v) is 10.0. The number of piperidine rings is 3. The number of furan rings is 1. The van der Waals surface area contributed by atoms with Crippen LogP contribution >= 0.6 is 0 Å². The highest BCUT2D eigenvalue weighted by atomic mass is 16.3. The van der Waals surface area contributed by atoms with Gasteiger partial charge in [-0.2, -0.15) is 0 Å². The van der Waals surface area contributed by atoms with Crippen LogP contribution in [0.1, 0.15) is 54.0 Å². The van der Waals surface area contributed by atoms with Gasteiger partial charge < -0.3 is 14.6 Å². The van der Waals surface area contributed by atoms with E-state index in [1.165, 1.54) is 25.9 Å². The number of para-hydroxylation sites is 1. The molecule has 172 valence electrons. The van der Waals surface area contributed by atoms with E-state index >= 15 is 0 Å². The molecule has 2 aromatic carbocycles. The first kappa shape index (κ1) is 21.9. The summed E-state index contributed by atoms with van der Waals surface area (Å²) in [5.41, 5.74) is 3.13. The van der Waals surface area contributed by atoms with Crippen molar-refractivity contribution >= 4 is 22.7 Å². The number of carbonyl (C=O) groups excluding carboxylic acids is 2. The van der Waals surface area contributed by atoms with Gasteiger partial charge in [0.25, 0.3) is 5.91 Å². The Bertz CT molecular complexity index is 1170. The number of Topliss-reactive ketones (excluding diaryl/α,β-unsaturated/α-hetero) is 1. The van der Waals surface area contributed by atoms with Crippen LogP contribution in [0.4, 0.5) is 0 Å². The summed E-state index contributed by atoms with van der Waals surface area (Å²) in [4.78, 5) is 28.1. The molecule has 3 aliphatic heterocycles. The van der Waals surface area contributed by atoms with Gasteiger partial charge in [-0.3, -0.25) is 9.59 Å². The molecule has 3 fully saturated rings. The molecular weight excluding hydrogens is 412 g/mol. The summed E-state index contributed by atoms with van der Waals surface area (Å²) < 4.78 is 6.15. The van der Waals surface area contributed by atoms with Gasteiger partial charge in [0, 0.05) is 36.0 Å². The SMILES string of the molecule is CC(C)CNC(=O)c1cccc(-c2cccc3cc(C(=O)C[C@H]4CN5CCC4CC5)oc23)c1. The second-order valence-electron chi connectivity index (χ2n) is 10.0. The first-order valence-electron chi connectivity index (χ1n) is 12.1. The molecule has 0 aliphatic carbocycles. The van der Waals surface area contributed by atoms with Gasteiger partial charge in [0.15, 0.2) is 11.5 Å². The van der Waals surface area contributed by atoms with Crippen molar-refractivity contribution in [1.29, 1.82) is 0 Å². The van der Waals surface area contributed by atoms with Gasteiger partial charge in [-0.25, -0.2) is 0 Å². The molecule has 3 aromatic rings. The van der Waals surface area contributed by atoms with Crippen LogP contribution in [0.2, 0.25) is 0 Å². The molecule has 1 amide bonds. The van der Waals surface area contributed by atoms with E-state index in [1.54, 1.807) is 0 Å². The molecule has 4 heterocycles. The molecule has 0 radical (unpaired) electrons. The van der Waals surface area contributed by atoms with Crippen molar-refractivity contribution in [2.75, 3.05) is 26.2 Å². The Morgan fingerprint density at radius 2 is 1.88 bits per heavy atom. The van der Waals surface area contributed by atoms with E-state index in [0.29, 0.717) is 47.6 Å². The summed E-state index contributed by atoms with van der Waals surface area (Å²) in [6, 6.07) is 15.4. The van der Waals surface area contributed by atoms with Crippen LogP contribution in [0.15, 0.2) is 52.9 Å². The van der Waals surface area contributed by atoms with Crippen molar-refractivity contribution in [3.63, 3.8) is 0 Å². The molecule has 1 atom stereocenters. The first-order chi connectivity index (χ1) is 16.0. The third-order valence-electron chi connectivity index (χ3n) is 7.16. The predicted molar refractivity (Wildman–Crippen MR) is 130 cm³/mol. The molecule has 3 saturated heterocycles. The first-order valence-corrected chi connectivity index (χ1v) is 12.1. The lowest BCUT2D eigenvalue weighted by Gasteiger charge is -2.44. The minimum atomic E-state index is -0.0782. The van der Waals surface area contributed by atoms with Crippen LogP contribution in [-0.2, 0) is 0 Å². The number of hydrogen-bond donors (Lipinski definition) is 1. The number of rotatable bonds is 7. The molecule has 1 N–H and O–H groups in total. The van der Waals surface area contributed by atoms with E-state index < -0.39 is 0 Å². The average Bonchev–Trinajstić information content (AvgIpc) is 3.28. The Kier molecular flexibility index (Phi) is 6.07. The largest absolute Gasteiger partial charge is 0.452 e. The van der Waals surface area contributed by atoms with Crippen molar-refractivity contribution in [2.45, 2.75) is 33.1 Å². The topological polar surface area (TPSA) is 62.6 Å². The van der Waals surface area contributed by atoms with Gasteiger partial charge >= 0.3 is 0 Å². The standard InChI is InChI=1S/C28H32N2O3/c1-18(2)16-29-28(32)22-7-3-5-20(13-22)24-8-4-6-21-15-26(33-27(21)24)25(31)14-23-17-30-11-9-19(23)10-12-30/h3-8,13,15,18-19,23H,9-12,14,16-17H2,1-2H3,(H,29,32)/t23-/m0/s1. The smallest absolute Gasteiger partial charge is 0.251 e. The van der Waals surface area contributed by atoms with Crippen LogP contribution in [0.5, 0.6) is 0 Å². The summed E-state index contributed by atoms with van der Waals surface area (Å²) in [6.07, 6.45) is 2.98. The monoisotopic (exact) mass is 444 g/mol. The summed E-state index contributed by atoms with van der Waals surface area (Å²) >= 11 is 0. The second kappa shape index (κ2) is 9.14. The summed E-state index contributed by atoms with van der Waals surface area (Å²) in [5.74, 6) is 1.96. The molecule has 33 heavy (non-hydrogen) atoms. The Morgan fingerprint density at radius 3 is 2.61 bits per heavy atom. The predicted octanol–water partition coefficient (Wildman–Crippen LogP) is 5.40. The highest BCUT2D eigenvalue weighted by Crippen LogP contribution is 2.36. The Morgan fingerprint density at radius 1 is 1.09 bits per heavy atom. The molecule has 5 nitrogen and oxygen atoms in total. The molecule has 3 aliphatic rings. The van der Waals surface area contributed by atoms with Crippen molar-refractivity contribution < 1.29 is 14.0 Å². The van der Waals surface area contributed by atoms with Gasteiger partial charge in [-0.1, -0.05) is 44.2 Å². The zero-order valence-corrected chi connectivity index (χ0v) is 19.5. The Hall–Kier alpha value is -2.92. The Balaban J connectivity index is 1.39. The lowest BCUT2D eigenvalue weighted by molar-refractivity contribution is 0.0433. The highest BCUT2D eigenvalue weighted by molar-refractivity contribution is 6.02. The maximum atomic E-state index is 13.1. The van der Waals surface area contributed by atoms with Gasteiger partial charge in [0.1, 0.15) is 5.58 Å². The number of amides is 1. The fraction of sp³-hybridized carbons (Fsp3) is 0.429. The van der Waals surface area contributed by atoms with Crippen LogP contribution in [0.3, 0.4) is 0 Å². The summed E-state index contributed by atoms with van der Waals surface area (Å²) in [5, 5.41) is 3.89. The van der Waals surface area contributed by atoms with E-state index in [4.69, 9.17) is 4.42 Å². The van der Waals surface area contributed by atoms with Crippen LogP contribution in [0.25, 0.3) is 22.1 Å². The van der Waals surface area contributed by atoms with E-state index in [0.717, 1.165) is 23.1 Å².